The van der Waals surface area contributed by atoms with E-state index in [2.05, 4.69) is 5.32 Å². The first kappa shape index (κ1) is 22.8. The predicted octanol–water partition coefficient (Wildman–Crippen LogP) is 6.05. The van der Waals surface area contributed by atoms with Crippen LogP contribution in [0.2, 0.25) is 5.02 Å². The van der Waals surface area contributed by atoms with Gasteiger partial charge >= 0.3 is 5.85 Å². The summed E-state index contributed by atoms with van der Waals surface area (Å²) >= 11 is 7.46. The molecule has 2 unspecified atom stereocenters. The third kappa shape index (κ3) is 3.68. The van der Waals surface area contributed by atoms with E-state index < -0.39 is 5.85 Å². The Bertz CT molecular complexity index is 1430. The lowest BCUT2D eigenvalue weighted by Gasteiger charge is -2.45. The van der Waals surface area contributed by atoms with Gasteiger partial charge in [0.2, 0.25) is 0 Å². The number of benzene rings is 3. The molecule has 0 saturated carbocycles. The maximum atomic E-state index is 12.8. The van der Waals surface area contributed by atoms with E-state index in [1.165, 1.54) is 0 Å². The van der Waals surface area contributed by atoms with Crippen molar-refractivity contribution in [2.24, 2.45) is 5.10 Å². The Hall–Kier alpha value is -3.62. The van der Waals surface area contributed by atoms with Crippen molar-refractivity contribution in [1.29, 1.82) is 0 Å². The molecule has 3 aliphatic heterocycles. The largest absolute Gasteiger partial charge is 0.493 e. The quantitative estimate of drug-likeness (QED) is 0.452. The first-order valence-corrected chi connectivity index (χ1v) is 12.5. The van der Waals surface area contributed by atoms with Gasteiger partial charge in [-0.05, 0) is 59.3 Å². The number of hydrazone groups is 1. The Labute approximate surface area is 217 Å². The highest BCUT2D eigenvalue weighted by Crippen LogP contribution is 2.53. The first-order chi connectivity index (χ1) is 17.5. The maximum absolute atomic E-state index is 12.8. The van der Waals surface area contributed by atoms with Crippen LogP contribution in [0.1, 0.15) is 29.2 Å². The smallest absolute Gasteiger partial charge is 0.314 e. The minimum Gasteiger partial charge on any atom is -0.493 e. The van der Waals surface area contributed by atoms with Crippen LogP contribution in [0.3, 0.4) is 0 Å². The standard InChI is InChI=1S/C27H22ClN3O4S/c1-33-23-10-8-16(12-24(23)34-2)13-25-27(29-26(32)36-25)31-21(19-14-18(28)9-11-22(19)35-27)15-20(30-31)17-6-4-3-5-7-17/h3-14,21H,15H2,1-2H3,(H,29,32)/b25-13-. The zero-order chi connectivity index (χ0) is 24.9. The lowest BCUT2D eigenvalue weighted by Crippen LogP contribution is -2.61. The van der Waals surface area contributed by atoms with Gasteiger partial charge in [0, 0.05) is 17.0 Å². The lowest BCUT2D eigenvalue weighted by molar-refractivity contribution is -0.0949. The average Bonchev–Trinajstić information content (AvgIpc) is 3.48. The Balaban J connectivity index is 1.50. The van der Waals surface area contributed by atoms with Gasteiger partial charge in [0.05, 0.1) is 30.9 Å². The molecule has 1 spiro atoms. The molecule has 0 aliphatic carbocycles. The number of carbonyl (C=O) groups is 1. The summed E-state index contributed by atoms with van der Waals surface area (Å²) in [6.07, 6.45) is 2.56. The van der Waals surface area contributed by atoms with E-state index in [0.29, 0.717) is 33.6 Å². The van der Waals surface area contributed by atoms with Crippen LogP contribution in [0.25, 0.3) is 6.08 Å². The summed E-state index contributed by atoms with van der Waals surface area (Å²) in [7, 11) is 3.18. The van der Waals surface area contributed by atoms with Crippen LogP contribution in [0.5, 0.6) is 17.2 Å². The highest BCUT2D eigenvalue weighted by atomic mass is 35.5. The zero-order valence-corrected chi connectivity index (χ0v) is 21.1. The third-order valence-electron chi connectivity index (χ3n) is 6.44. The fraction of sp³-hybridized carbons (Fsp3) is 0.185. The van der Waals surface area contributed by atoms with Gasteiger partial charge < -0.3 is 14.2 Å². The number of hydrogen-bond acceptors (Lipinski definition) is 7. The van der Waals surface area contributed by atoms with E-state index in [-0.39, 0.29) is 11.3 Å². The molecule has 1 N–H and O–H groups in total. The summed E-state index contributed by atoms with van der Waals surface area (Å²) in [5.74, 6) is 0.582. The summed E-state index contributed by atoms with van der Waals surface area (Å²) in [6, 6.07) is 21.0. The number of hydrogen-bond donors (Lipinski definition) is 1. The summed E-state index contributed by atoms with van der Waals surface area (Å²) < 4.78 is 17.4. The molecule has 3 aromatic carbocycles. The number of fused-ring (bicyclic) bond motifs is 4. The van der Waals surface area contributed by atoms with E-state index in [9.17, 15) is 4.79 Å². The predicted molar refractivity (Wildman–Crippen MR) is 141 cm³/mol. The van der Waals surface area contributed by atoms with Gasteiger partial charge in [0.15, 0.2) is 11.5 Å². The second kappa shape index (κ2) is 8.80. The number of thioether (sulfide) groups is 1. The number of rotatable bonds is 4. The van der Waals surface area contributed by atoms with Crippen LogP contribution in [0.15, 0.2) is 76.7 Å². The normalized spacial score (nSPS) is 23.1. The van der Waals surface area contributed by atoms with Crippen LogP contribution in [-0.2, 0) is 0 Å². The Morgan fingerprint density at radius 1 is 1.11 bits per heavy atom. The highest BCUT2D eigenvalue weighted by Gasteiger charge is 2.58. The molecule has 1 amide bonds. The first-order valence-electron chi connectivity index (χ1n) is 11.4. The van der Waals surface area contributed by atoms with E-state index in [4.69, 9.17) is 30.9 Å². The van der Waals surface area contributed by atoms with Crippen molar-refractivity contribution in [3.05, 3.63) is 93.3 Å². The number of halogens is 1. The third-order valence-corrected chi connectivity index (χ3v) is 7.58. The van der Waals surface area contributed by atoms with Gasteiger partial charge in [-0.3, -0.25) is 10.1 Å². The van der Waals surface area contributed by atoms with Crippen molar-refractivity contribution in [2.45, 2.75) is 18.3 Å². The van der Waals surface area contributed by atoms with Gasteiger partial charge in [-0.15, -0.1) is 0 Å². The van der Waals surface area contributed by atoms with Crippen LogP contribution in [0, 0.1) is 0 Å². The van der Waals surface area contributed by atoms with Crippen molar-refractivity contribution in [1.82, 2.24) is 10.3 Å². The monoisotopic (exact) mass is 519 g/mol. The van der Waals surface area contributed by atoms with E-state index >= 15 is 0 Å². The fourth-order valence-electron chi connectivity index (χ4n) is 4.79. The second-order valence-corrected chi connectivity index (χ2v) is 9.99. The van der Waals surface area contributed by atoms with Crippen LogP contribution in [-0.4, -0.2) is 36.0 Å². The van der Waals surface area contributed by atoms with Gasteiger partial charge in [0.1, 0.15) is 5.75 Å². The van der Waals surface area contributed by atoms with Crippen molar-refractivity contribution in [2.75, 3.05) is 14.2 Å². The molecule has 1 fully saturated rings. The molecule has 3 aliphatic rings. The number of carbonyl (C=O) groups excluding carboxylic acids is 1. The fourth-order valence-corrected chi connectivity index (χ4v) is 5.88. The van der Waals surface area contributed by atoms with Crippen molar-refractivity contribution in [3.63, 3.8) is 0 Å². The van der Waals surface area contributed by atoms with Crippen molar-refractivity contribution >= 4 is 40.4 Å². The molecule has 182 valence electrons. The summed E-state index contributed by atoms with van der Waals surface area (Å²) in [4.78, 5) is 13.5. The molecule has 0 aromatic heterocycles. The molecular formula is C27H22ClN3O4S. The van der Waals surface area contributed by atoms with E-state index in [1.807, 2.05) is 71.7 Å². The van der Waals surface area contributed by atoms with Crippen LogP contribution in [0.4, 0.5) is 4.79 Å². The molecule has 6 rings (SSSR count). The molecule has 2 atom stereocenters. The second-order valence-electron chi connectivity index (χ2n) is 8.54. The molecule has 3 heterocycles. The molecule has 0 radical (unpaired) electrons. The number of amides is 1. The Kier molecular flexibility index (Phi) is 5.58. The summed E-state index contributed by atoms with van der Waals surface area (Å²) in [5, 5.41) is 10.3. The molecule has 0 bridgehead atoms. The lowest BCUT2D eigenvalue weighted by atomic mass is 9.95. The van der Waals surface area contributed by atoms with Gasteiger partial charge in [-0.1, -0.05) is 48.0 Å². The van der Waals surface area contributed by atoms with Gasteiger partial charge in [-0.2, -0.15) is 5.10 Å². The van der Waals surface area contributed by atoms with Gasteiger partial charge in [0.25, 0.3) is 5.24 Å². The topological polar surface area (TPSA) is 72.4 Å². The van der Waals surface area contributed by atoms with E-state index in [0.717, 1.165) is 34.2 Å². The number of methoxy groups -OCH3 is 2. The Morgan fingerprint density at radius 2 is 1.92 bits per heavy atom. The number of nitrogens with zero attached hydrogens (tertiary/aromatic N) is 2. The highest BCUT2D eigenvalue weighted by molar-refractivity contribution is 8.17. The molecule has 3 aromatic rings. The molecule has 36 heavy (non-hydrogen) atoms. The molecule has 1 saturated heterocycles. The average molecular weight is 520 g/mol. The van der Waals surface area contributed by atoms with Gasteiger partial charge in [-0.25, -0.2) is 5.01 Å². The number of ether oxygens (including phenoxy) is 3. The molecule has 7 nitrogen and oxygen atoms in total. The minimum absolute atomic E-state index is 0.171. The maximum Gasteiger partial charge on any atom is 0.314 e. The van der Waals surface area contributed by atoms with E-state index in [1.54, 1.807) is 20.3 Å². The minimum atomic E-state index is -1.29. The molecular weight excluding hydrogens is 498 g/mol. The molecule has 9 heteroatoms. The Morgan fingerprint density at radius 3 is 2.69 bits per heavy atom. The zero-order valence-electron chi connectivity index (χ0n) is 19.5. The number of nitrogens with one attached hydrogen (secondary N) is 1. The summed E-state index contributed by atoms with van der Waals surface area (Å²) in [6.45, 7) is 0. The van der Waals surface area contributed by atoms with Crippen molar-refractivity contribution in [3.8, 4) is 17.2 Å². The summed E-state index contributed by atoms with van der Waals surface area (Å²) in [5.41, 5.74) is 3.69. The van der Waals surface area contributed by atoms with Crippen molar-refractivity contribution < 1.29 is 19.0 Å². The van der Waals surface area contributed by atoms with Crippen LogP contribution >= 0.6 is 23.4 Å². The SMILES string of the molecule is COc1ccc(/C=C2\SC(=O)NC23Oc2ccc(Cl)cc2C2CC(c4ccccc4)=NN23)cc1OC. The van der Waals surface area contributed by atoms with Crippen LogP contribution < -0.4 is 19.5 Å².